The van der Waals surface area contributed by atoms with Crippen molar-refractivity contribution in [2.75, 3.05) is 17.2 Å². The minimum atomic E-state index is -1.93. The molecule has 0 saturated carbocycles. The Morgan fingerprint density at radius 3 is 2.51 bits per heavy atom. The molecular formula is C27H32F2N6O2. The molecule has 4 rings (SSSR count). The largest absolute Gasteiger partial charge is 0.444 e. The summed E-state index contributed by atoms with van der Waals surface area (Å²) in [6, 6.07) is 8.52. The Labute approximate surface area is 215 Å². The van der Waals surface area contributed by atoms with E-state index in [1.165, 1.54) is 26.0 Å². The van der Waals surface area contributed by atoms with Crippen LogP contribution in [0.5, 0.6) is 0 Å². The quantitative estimate of drug-likeness (QED) is 0.416. The zero-order chi connectivity index (χ0) is 27.0. The molecule has 8 nitrogen and oxygen atoms in total. The van der Waals surface area contributed by atoms with Crippen molar-refractivity contribution in [2.45, 2.75) is 65.8 Å². The lowest BCUT2D eigenvalue weighted by molar-refractivity contribution is 0.0224. The molecule has 1 aliphatic rings. The highest BCUT2D eigenvalue weighted by Crippen LogP contribution is 2.29. The van der Waals surface area contributed by atoms with Crippen LogP contribution in [0, 0.1) is 12.7 Å². The number of nitrogens with one attached hydrogen (secondary N) is 2. The van der Waals surface area contributed by atoms with Crippen molar-refractivity contribution >= 4 is 29.4 Å². The summed E-state index contributed by atoms with van der Waals surface area (Å²) >= 11 is 0. The van der Waals surface area contributed by atoms with Crippen LogP contribution in [0.4, 0.5) is 36.8 Å². The number of ether oxygens (including phenoxy) is 1. The Balaban J connectivity index is 1.48. The summed E-state index contributed by atoms with van der Waals surface area (Å²) in [6.45, 7) is 11.0. The van der Waals surface area contributed by atoms with Crippen LogP contribution in [0.3, 0.4) is 0 Å². The molecule has 0 radical (unpaired) electrons. The van der Waals surface area contributed by atoms with E-state index in [1.54, 1.807) is 11.1 Å². The van der Waals surface area contributed by atoms with Crippen LogP contribution < -0.4 is 10.6 Å². The van der Waals surface area contributed by atoms with E-state index in [1.807, 2.05) is 45.9 Å². The molecule has 10 heteroatoms. The molecule has 1 amide bonds. The molecule has 3 aromatic rings. The van der Waals surface area contributed by atoms with Crippen LogP contribution in [0.15, 0.2) is 36.5 Å². The summed E-state index contributed by atoms with van der Waals surface area (Å²) in [4.78, 5) is 27.1. The zero-order valence-electron chi connectivity index (χ0n) is 21.9. The number of nitrogens with zero attached hydrogens (tertiary/aromatic N) is 4. The number of halogens is 2. The number of hydrogen-bond donors (Lipinski definition) is 2. The molecule has 0 unspecified atom stereocenters. The number of rotatable bonds is 5. The molecule has 0 fully saturated rings. The van der Waals surface area contributed by atoms with Gasteiger partial charge < -0.3 is 20.3 Å². The average molecular weight is 511 g/mol. The van der Waals surface area contributed by atoms with Crippen molar-refractivity contribution in [1.82, 2.24) is 19.9 Å². The fraction of sp³-hybridized carbons (Fsp3) is 0.407. The Kier molecular flexibility index (Phi) is 7.03. The molecule has 196 valence electrons. The predicted molar refractivity (Wildman–Crippen MR) is 138 cm³/mol. The van der Waals surface area contributed by atoms with Gasteiger partial charge in [-0.15, -0.1) is 0 Å². The topological polar surface area (TPSA) is 92.3 Å². The van der Waals surface area contributed by atoms with Crippen LogP contribution in [0.25, 0.3) is 0 Å². The molecule has 2 aromatic heterocycles. The number of carbonyl (C=O) groups is 1. The Hall–Kier alpha value is -3.82. The van der Waals surface area contributed by atoms with E-state index in [4.69, 9.17) is 4.74 Å². The van der Waals surface area contributed by atoms with Crippen LogP contribution in [0.2, 0.25) is 0 Å². The maximum Gasteiger partial charge on any atom is 0.410 e. The Morgan fingerprint density at radius 2 is 1.81 bits per heavy atom. The molecule has 37 heavy (non-hydrogen) atoms. The van der Waals surface area contributed by atoms with Gasteiger partial charge in [0.05, 0.1) is 0 Å². The second kappa shape index (κ2) is 9.91. The molecule has 2 N–H and O–H groups in total. The molecule has 1 aliphatic heterocycles. The van der Waals surface area contributed by atoms with E-state index in [-0.39, 0.29) is 17.6 Å². The number of aromatic nitrogens is 3. The van der Waals surface area contributed by atoms with Crippen molar-refractivity contribution in [1.29, 1.82) is 0 Å². The lowest BCUT2D eigenvalue weighted by atomic mass is 9.99. The van der Waals surface area contributed by atoms with Crippen LogP contribution in [0.1, 0.15) is 57.0 Å². The van der Waals surface area contributed by atoms with Gasteiger partial charge in [0, 0.05) is 30.5 Å². The maximum absolute atomic E-state index is 14.3. The predicted octanol–water partition coefficient (Wildman–Crippen LogP) is 6.30. The van der Waals surface area contributed by atoms with Gasteiger partial charge in [0.1, 0.15) is 34.4 Å². The van der Waals surface area contributed by atoms with Gasteiger partial charge in [-0.3, -0.25) is 0 Å². The number of alkyl halides is 1. The number of hydrogen-bond acceptors (Lipinski definition) is 7. The normalized spacial score (nSPS) is 13.7. The maximum atomic E-state index is 14.3. The van der Waals surface area contributed by atoms with E-state index < -0.39 is 17.1 Å². The first-order valence-electron chi connectivity index (χ1n) is 12.1. The Morgan fingerprint density at radius 1 is 1.05 bits per heavy atom. The van der Waals surface area contributed by atoms with Gasteiger partial charge in [-0.1, -0.05) is 6.07 Å². The summed E-state index contributed by atoms with van der Waals surface area (Å²) in [5.74, 6) is 0.386. The average Bonchev–Trinajstić information content (AvgIpc) is 2.80. The van der Waals surface area contributed by atoms with E-state index in [0.29, 0.717) is 31.3 Å². The highest BCUT2D eigenvalue weighted by molar-refractivity contribution is 5.69. The van der Waals surface area contributed by atoms with Crippen molar-refractivity contribution in [3.8, 4) is 0 Å². The minimum absolute atomic E-state index is 0.276. The first kappa shape index (κ1) is 26.2. The van der Waals surface area contributed by atoms with Crippen molar-refractivity contribution in [2.24, 2.45) is 0 Å². The van der Waals surface area contributed by atoms with E-state index in [9.17, 15) is 13.6 Å². The first-order chi connectivity index (χ1) is 17.3. The number of fused-ring (bicyclic) bond motifs is 1. The summed E-state index contributed by atoms with van der Waals surface area (Å²) < 4.78 is 33.9. The summed E-state index contributed by atoms with van der Waals surface area (Å²) in [6.07, 6.45) is 2.04. The van der Waals surface area contributed by atoms with Gasteiger partial charge in [-0.25, -0.2) is 23.5 Å². The molecule has 1 aromatic carbocycles. The number of amides is 1. The van der Waals surface area contributed by atoms with Gasteiger partial charge in [0.25, 0.3) is 0 Å². The number of anilines is 4. The third-order valence-electron chi connectivity index (χ3n) is 5.75. The summed E-state index contributed by atoms with van der Waals surface area (Å²) in [5, 5.41) is 6.24. The summed E-state index contributed by atoms with van der Waals surface area (Å²) in [7, 11) is 0. The SMILES string of the molecule is Cc1cnc(Nc2ccc3c(c2)CCN(C(=O)OC(C)(C)C)C3)nc1Nc1ccc(F)c(C(C)(C)F)n1. The van der Waals surface area contributed by atoms with E-state index in [2.05, 4.69) is 25.6 Å². The van der Waals surface area contributed by atoms with E-state index in [0.717, 1.165) is 22.4 Å². The lowest BCUT2D eigenvalue weighted by Crippen LogP contribution is -2.39. The zero-order valence-corrected chi connectivity index (χ0v) is 21.9. The number of carbonyl (C=O) groups excluding carboxylic acids is 1. The number of benzene rings is 1. The van der Waals surface area contributed by atoms with Gasteiger partial charge in [-0.2, -0.15) is 4.98 Å². The molecule has 3 heterocycles. The van der Waals surface area contributed by atoms with Crippen LogP contribution in [-0.4, -0.2) is 38.1 Å². The monoisotopic (exact) mass is 510 g/mol. The molecule has 0 bridgehead atoms. The summed E-state index contributed by atoms with van der Waals surface area (Å²) in [5.41, 5.74) is 1.00. The fourth-order valence-electron chi connectivity index (χ4n) is 3.92. The van der Waals surface area contributed by atoms with E-state index >= 15 is 0 Å². The highest BCUT2D eigenvalue weighted by Gasteiger charge is 2.27. The lowest BCUT2D eigenvalue weighted by Gasteiger charge is -2.31. The standard InChI is InChI=1S/C27H32F2N6O2/c1-16-14-30-24(34-23(16)33-21-10-9-20(28)22(32-21)27(5,6)29)31-19-8-7-18-15-35(12-11-17(18)13-19)25(36)37-26(2,3)4/h7-10,13-14H,11-12,15H2,1-6H3,(H2,30,31,32,33,34). The first-order valence-corrected chi connectivity index (χ1v) is 12.1. The molecule has 0 aliphatic carbocycles. The molecular weight excluding hydrogens is 478 g/mol. The smallest absolute Gasteiger partial charge is 0.410 e. The second-order valence-corrected chi connectivity index (χ2v) is 10.6. The van der Waals surface area contributed by atoms with Gasteiger partial charge in [-0.05, 0) is 83.4 Å². The molecule has 0 spiro atoms. The van der Waals surface area contributed by atoms with Gasteiger partial charge >= 0.3 is 6.09 Å². The highest BCUT2D eigenvalue weighted by atomic mass is 19.1. The van der Waals surface area contributed by atoms with Crippen molar-refractivity contribution in [3.05, 3.63) is 64.7 Å². The van der Waals surface area contributed by atoms with Crippen molar-refractivity contribution < 1.29 is 18.3 Å². The van der Waals surface area contributed by atoms with Crippen LogP contribution in [-0.2, 0) is 23.4 Å². The Bertz CT molecular complexity index is 1320. The van der Waals surface area contributed by atoms with Gasteiger partial charge in [0.2, 0.25) is 5.95 Å². The van der Waals surface area contributed by atoms with Crippen molar-refractivity contribution in [3.63, 3.8) is 0 Å². The molecule has 0 atom stereocenters. The fourth-order valence-corrected chi connectivity index (χ4v) is 3.92. The van der Waals surface area contributed by atoms with Crippen LogP contribution >= 0.6 is 0 Å². The van der Waals surface area contributed by atoms with Gasteiger partial charge in [0.15, 0.2) is 0 Å². The minimum Gasteiger partial charge on any atom is -0.444 e. The number of pyridine rings is 1. The molecule has 0 saturated heterocycles. The third-order valence-corrected chi connectivity index (χ3v) is 5.75. The second-order valence-electron chi connectivity index (χ2n) is 10.6. The third kappa shape index (κ3) is 6.49. The number of aryl methyl sites for hydroxylation is 1.